The molecule has 0 bridgehead atoms. The lowest BCUT2D eigenvalue weighted by molar-refractivity contribution is -0.123. The molecule has 0 saturated carbocycles. The summed E-state index contributed by atoms with van der Waals surface area (Å²) >= 11 is 1.40. The molecular weight excluding hydrogens is 550 g/mol. The van der Waals surface area contributed by atoms with Crippen molar-refractivity contribution in [2.75, 3.05) is 19.0 Å². The highest BCUT2D eigenvalue weighted by atomic mass is 32.1. The molecule has 42 heavy (non-hydrogen) atoms. The van der Waals surface area contributed by atoms with Crippen molar-refractivity contribution >= 4 is 45.1 Å². The number of methoxy groups -OCH3 is 1. The highest BCUT2D eigenvalue weighted by Gasteiger charge is 2.31. The number of hydrogen-bond acceptors (Lipinski definition) is 8. The van der Waals surface area contributed by atoms with Gasteiger partial charge in [0.15, 0.2) is 6.10 Å². The van der Waals surface area contributed by atoms with Gasteiger partial charge in [0.25, 0.3) is 5.91 Å². The number of esters is 2. The van der Waals surface area contributed by atoms with Crippen molar-refractivity contribution in [1.29, 1.82) is 0 Å². The normalized spacial score (nSPS) is 15.4. The molecule has 0 spiro atoms. The molecule has 6 rings (SSSR count). The number of fused-ring (bicyclic) bond motifs is 3. The number of para-hydroxylation sites is 1. The minimum absolute atomic E-state index is 0.414. The Bertz CT molecular complexity index is 1670. The monoisotopic (exact) mass is 583 g/mol. The van der Waals surface area contributed by atoms with Crippen LogP contribution in [0.3, 0.4) is 0 Å². The molecule has 0 saturated heterocycles. The van der Waals surface area contributed by atoms with Gasteiger partial charge in [-0.05, 0) is 49.8 Å². The van der Waals surface area contributed by atoms with Crippen LogP contribution in [0.1, 0.15) is 67.7 Å². The maximum Gasteiger partial charge on any atom is 0.341 e. The van der Waals surface area contributed by atoms with E-state index in [0.29, 0.717) is 34.5 Å². The van der Waals surface area contributed by atoms with Gasteiger partial charge in [0, 0.05) is 47.6 Å². The predicted octanol–water partition coefficient (Wildman–Crippen LogP) is 5.70. The van der Waals surface area contributed by atoms with Crippen molar-refractivity contribution in [2.24, 2.45) is 0 Å². The number of nitrogens with zero attached hydrogens (tertiary/aromatic N) is 2. The number of carbonyl (C=O) groups is 3. The van der Waals surface area contributed by atoms with E-state index in [-0.39, 0.29) is 0 Å². The molecule has 1 amide bonds. The second kappa shape index (κ2) is 12.0. The Labute approximate surface area is 248 Å². The van der Waals surface area contributed by atoms with Gasteiger partial charge in [-0.3, -0.25) is 14.7 Å². The van der Waals surface area contributed by atoms with Crippen LogP contribution in [0.5, 0.6) is 0 Å². The third-order valence-electron chi connectivity index (χ3n) is 8.03. The van der Waals surface area contributed by atoms with Crippen LogP contribution in [0.2, 0.25) is 0 Å². The number of amides is 1. The molecule has 1 unspecified atom stereocenters. The quantitative estimate of drug-likeness (QED) is 0.279. The SMILES string of the molecule is COC(=O)c1c(NC(=O)C(C)OC(=O)c2c3c(nc4ccccc24)CCN(Cc2ccccc2)C3)sc2c1CCCC2. The molecular formula is C33H33N3O5S. The number of thiophene rings is 1. The number of anilines is 1. The summed E-state index contributed by atoms with van der Waals surface area (Å²) in [5.41, 5.74) is 5.47. The van der Waals surface area contributed by atoms with Gasteiger partial charge in [-0.1, -0.05) is 48.5 Å². The molecule has 2 aliphatic rings. The fourth-order valence-corrected chi connectivity index (χ4v) is 7.19. The Morgan fingerprint density at radius 1 is 0.952 bits per heavy atom. The molecule has 216 valence electrons. The Morgan fingerprint density at radius 2 is 1.71 bits per heavy atom. The topological polar surface area (TPSA) is 97.8 Å². The molecule has 2 aromatic heterocycles. The summed E-state index contributed by atoms with van der Waals surface area (Å²) in [7, 11) is 1.34. The number of ether oxygens (including phenoxy) is 2. The lowest BCUT2D eigenvalue weighted by Gasteiger charge is -2.30. The van der Waals surface area contributed by atoms with E-state index in [1.54, 1.807) is 6.92 Å². The summed E-state index contributed by atoms with van der Waals surface area (Å²) in [6.45, 7) is 3.69. The number of nitrogens with one attached hydrogen (secondary N) is 1. The number of aromatic nitrogens is 1. The van der Waals surface area contributed by atoms with Gasteiger partial charge in [-0.25, -0.2) is 9.59 Å². The molecule has 0 fully saturated rings. The van der Waals surface area contributed by atoms with Crippen molar-refractivity contribution in [2.45, 2.75) is 58.2 Å². The lowest BCUT2D eigenvalue weighted by Crippen LogP contribution is -2.34. The van der Waals surface area contributed by atoms with E-state index >= 15 is 0 Å². The molecule has 8 nitrogen and oxygen atoms in total. The molecule has 2 aromatic carbocycles. The predicted molar refractivity (Wildman–Crippen MR) is 162 cm³/mol. The summed E-state index contributed by atoms with van der Waals surface area (Å²) in [5, 5.41) is 4.01. The van der Waals surface area contributed by atoms with Gasteiger partial charge in [-0.2, -0.15) is 0 Å². The van der Waals surface area contributed by atoms with Crippen molar-refractivity contribution in [3.8, 4) is 0 Å². The fourth-order valence-electron chi connectivity index (χ4n) is 5.91. The van der Waals surface area contributed by atoms with E-state index in [1.165, 1.54) is 24.0 Å². The van der Waals surface area contributed by atoms with E-state index in [4.69, 9.17) is 14.5 Å². The van der Waals surface area contributed by atoms with Crippen LogP contribution in [0, 0.1) is 0 Å². The van der Waals surface area contributed by atoms with E-state index in [2.05, 4.69) is 22.3 Å². The Kier molecular flexibility index (Phi) is 8.04. The fraction of sp³-hybridized carbons (Fsp3) is 0.333. The summed E-state index contributed by atoms with van der Waals surface area (Å²) in [6.07, 6.45) is 3.30. The summed E-state index contributed by atoms with van der Waals surface area (Å²) in [6, 6.07) is 17.8. The van der Waals surface area contributed by atoms with Gasteiger partial charge in [-0.15, -0.1) is 11.3 Å². The highest BCUT2D eigenvalue weighted by molar-refractivity contribution is 7.17. The van der Waals surface area contributed by atoms with Crippen LogP contribution in [0.25, 0.3) is 10.9 Å². The first-order valence-electron chi connectivity index (χ1n) is 14.3. The van der Waals surface area contributed by atoms with Crippen LogP contribution >= 0.6 is 11.3 Å². The number of carbonyl (C=O) groups excluding carboxylic acids is 3. The standard InChI is InChI=1S/C33H33N3O5S/c1-20(30(37)35-31-29(32(38)40-2)23-13-7-9-15-27(23)42-31)41-33(39)28-22-12-6-8-14-25(22)34-26-16-17-36(19-24(26)28)18-21-10-4-3-5-11-21/h3-6,8,10-12,14,20H,7,9,13,15-19H2,1-2H3,(H,35,37). The third kappa shape index (κ3) is 5.54. The highest BCUT2D eigenvalue weighted by Crippen LogP contribution is 2.39. The van der Waals surface area contributed by atoms with Crippen molar-refractivity contribution in [3.05, 3.63) is 93.0 Å². The first-order chi connectivity index (χ1) is 20.4. The van der Waals surface area contributed by atoms with Crippen molar-refractivity contribution in [3.63, 3.8) is 0 Å². The Morgan fingerprint density at radius 3 is 2.52 bits per heavy atom. The number of pyridine rings is 1. The second-order valence-electron chi connectivity index (χ2n) is 10.8. The Balaban J connectivity index is 1.25. The largest absolute Gasteiger partial charge is 0.465 e. The third-order valence-corrected chi connectivity index (χ3v) is 9.24. The minimum Gasteiger partial charge on any atom is -0.465 e. The van der Waals surface area contributed by atoms with Crippen LogP contribution in [-0.4, -0.2) is 47.5 Å². The Hall–Kier alpha value is -4.08. The molecule has 1 atom stereocenters. The van der Waals surface area contributed by atoms with Crippen LogP contribution in [-0.2, 0) is 46.6 Å². The first kappa shape index (κ1) is 28.1. The molecule has 3 heterocycles. The maximum absolute atomic E-state index is 13.8. The molecule has 4 aromatic rings. The van der Waals surface area contributed by atoms with Crippen molar-refractivity contribution < 1.29 is 23.9 Å². The van der Waals surface area contributed by atoms with Gasteiger partial charge < -0.3 is 14.8 Å². The minimum atomic E-state index is -1.09. The second-order valence-corrected chi connectivity index (χ2v) is 11.9. The summed E-state index contributed by atoms with van der Waals surface area (Å²) in [4.78, 5) is 48.0. The zero-order valence-electron chi connectivity index (χ0n) is 23.8. The molecule has 0 radical (unpaired) electrons. The molecule has 1 aliphatic carbocycles. The number of aryl methyl sites for hydroxylation is 1. The van der Waals surface area contributed by atoms with Crippen LogP contribution < -0.4 is 5.32 Å². The average Bonchev–Trinajstić information content (AvgIpc) is 3.37. The van der Waals surface area contributed by atoms with E-state index in [9.17, 15) is 14.4 Å². The maximum atomic E-state index is 13.8. The number of rotatable bonds is 7. The molecule has 1 N–H and O–H groups in total. The summed E-state index contributed by atoms with van der Waals surface area (Å²) in [5.74, 6) is -1.53. The summed E-state index contributed by atoms with van der Waals surface area (Å²) < 4.78 is 10.8. The number of hydrogen-bond donors (Lipinski definition) is 1. The van der Waals surface area contributed by atoms with E-state index in [1.807, 2.05) is 42.5 Å². The molecule has 1 aliphatic heterocycles. The van der Waals surface area contributed by atoms with Gasteiger partial charge >= 0.3 is 11.9 Å². The van der Waals surface area contributed by atoms with Gasteiger partial charge in [0.05, 0.1) is 23.8 Å². The van der Waals surface area contributed by atoms with E-state index in [0.717, 1.165) is 66.0 Å². The average molecular weight is 584 g/mol. The lowest BCUT2D eigenvalue weighted by atomic mass is 9.95. The van der Waals surface area contributed by atoms with Crippen LogP contribution in [0.4, 0.5) is 5.00 Å². The van der Waals surface area contributed by atoms with Crippen LogP contribution in [0.15, 0.2) is 54.6 Å². The van der Waals surface area contributed by atoms with Crippen molar-refractivity contribution in [1.82, 2.24) is 9.88 Å². The van der Waals surface area contributed by atoms with Gasteiger partial charge in [0.2, 0.25) is 0 Å². The molecule has 9 heteroatoms. The van der Waals surface area contributed by atoms with E-state index < -0.39 is 23.9 Å². The first-order valence-corrected chi connectivity index (χ1v) is 15.2. The smallest absolute Gasteiger partial charge is 0.341 e. The zero-order valence-corrected chi connectivity index (χ0v) is 24.6. The van der Waals surface area contributed by atoms with Gasteiger partial charge in [0.1, 0.15) is 5.00 Å². The number of benzene rings is 2. The zero-order chi connectivity index (χ0) is 29.2.